The van der Waals surface area contributed by atoms with Crippen LogP contribution in [0, 0.1) is 0 Å². The van der Waals surface area contributed by atoms with Gasteiger partial charge in [-0.05, 0) is 18.4 Å². The first-order chi connectivity index (χ1) is 17.7. The number of benzene rings is 1. The van der Waals surface area contributed by atoms with E-state index in [4.69, 9.17) is 10.8 Å². The van der Waals surface area contributed by atoms with Crippen LogP contribution in [0.25, 0.3) is 0 Å². The van der Waals surface area contributed by atoms with Gasteiger partial charge in [0, 0.05) is 31.4 Å². The first-order valence-corrected chi connectivity index (χ1v) is 12.7. The Kier molecular flexibility index (Phi) is 9.95. The zero-order chi connectivity index (χ0) is 26.8. The van der Waals surface area contributed by atoms with Crippen LogP contribution in [0.5, 0.6) is 0 Å². The van der Waals surface area contributed by atoms with Crippen LogP contribution in [-0.4, -0.2) is 85.7 Å². The Hall–Kier alpha value is -4.00. The lowest BCUT2D eigenvalue weighted by Crippen LogP contribution is -2.60. The van der Waals surface area contributed by atoms with Crippen molar-refractivity contribution >= 4 is 41.4 Å². The number of amides is 4. The summed E-state index contributed by atoms with van der Waals surface area (Å²) < 4.78 is 0. The number of aromatic nitrogens is 2. The lowest BCUT2D eigenvalue weighted by Gasteiger charge is -2.39. The molecule has 5 N–H and O–H groups in total. The van der Waals surface area contributed by atoms with E-state index in [0.717, 1.165) is 17.3 Å². The number of rotatable bonds is 11. The molecule has 1 aromatic carbocycles. The molecule has 0 radical (unpaired) electrons. The van der Waals surface area contributed by atoms with Gasteiger partial charge in [-0.25, -0.2) is 4.98 Å². The minimum absolute atomic E-state index is 0.0873. The van der Waals surface area contributed by atoms with Crippen molar-refractivity contribution < 1.29 is 29.1 Å². The normalized spacial score (nSPS) is 17.9. The van der Waals surface area contributed by atoms with Gasteiger partial charge in [0.15, 0.2) is 0 Å². The number of aliphatic carboxylic acids is 1. The highest BCUT2D eigenvalue weighted by atomic mass is 32.2. The summed E-state index contributed by atoms with van der Waals surface area (Å²) in [6.45, 7) is 0.149. The van der Waals surface area contributed by atoms with Gasteiger partial charge < -0.3 is 26.4 Å². The molecule has 13 heteroatoms. The molecule has 1 aliphatic heterocycles. The second-order valence-corrected chi connectivity index (χ2v) is 9.41. The zero-order valence-corrected chi connectivity index (χ0v) is 20.7. The Balaban J connectivity index is 1.73. The molecule has 1 aliphatic rings. The van der Waals surface area contributed by atoms with Crippen LogP contribution in [0.1, 0.15) is 28.9 Å². The van der Waals surface area contributed by atoms with Crippen molar-refractivity contribution in [1.82, 2.24) is 25.5 Å². The number of hydrogen-bond donors (Lipinski definition) is 4. The predicted octanol–water partition coefficient (Wildman–Crippen LogP) is -0.403. The fraction of sp³-hybridized carbons (Fsp3) is 0.375. The fourth-order valence-corrected chi connectivity index (χ4v) is 4.59. The molecule has 0 aliphatic carbocycles. The van der Waals surface area contributed by atoms with Gasteiger partial charge in [-0.2, -0.15) is 0 Å². The summed E-state index contributed by atoms with van der Waals surface area (Å²) in [4.78, 5) is 70.9. The quantitative estimate of drug-likeness (QED) is 0.301. The number of thioether (sulfide) groups is 1. The molecule has 0 unspecified atom stereocenters. The molecule has 4 amide bonds. The summed E-state index contributed by atoms with van der Waals surface area (Å²) >= 11 is 0.925. The summed E-state index contributed by atoms with van der Waals surface area (Å²) in [7, 11) is 0. The average Bonchev–Trinajstić information content (AvgIpc) is 2.89. The first-order valence-electron chi connectivity index (χ1n) is 11.5. The summed E-state index contributed by atoms with van der Waals surface area (Å²) in [5, 5.41) is 14.3. The molecule has 1 saturated heterocycles. The number of hydrogen-bond acceptors (Lipinski definition) is 8. The molecule has 3 rings (SSSR count). The van der Waals surface area contributed by atoms with E-state index in [9.17, 15) is 24.0 Å². The second-order valence-electron chi connectivity index (χ2n) is 8.43. The van der Waals surface area contributed by atoms with Crippen molar-refractivity contribution in [2.75, 3.05) is 18.1 Å². The average molecular weight is 529 g/mol. The molecular weight excluding hydrogens is 500 g/mol. The van der Waals surface area contributed by atoms with Gasteiger partial charge in [0.25, 0.3) is 5.91 Å². The van der Waals surface area contributed by atoms with Crippen molar-refractivity contribution in [3.63, 3.8) is 0 Å². The lowest BCUT2D eigenvalue weighted by atomic mass is 9.95. The van der Waals surface area contributed by atoms with Crippen LogP contribution in [0.2, 0.25) is 0 Å². The van der Waals surface area contributed by atoms with Gasteiger partial charge in [0.2, 0.25) is 17.7 Å². The van der Waals surface area contributed by atoms with Crippen LogP contribution in [0.3, 0.4) is 0 Å². The Morgan fingerprint density at radius 1 is 1.14 bits per heavy atom. The molecule has 2 aromatic rings. The highest BCUT2D eigenvalue weighted by Gasteiger charge is 2.38. The summed E-state index contributed by atoms with van der Waals surface area (Å²) in [6.07, 6.45) is 4.77. The Morgan fingerprint density at radius 3 is 2.54 bits per heavy atom. The highest BCUT2D eigenvalue weighted by Crippen LogP contribution is 2.20. The van der Waals surface area contributed by atoms with Crippen LogP contribution < -0.4 is 16.4 Å². The van der Waals surface area contributed by atoms with Crippen LogP contribution in [-0.2, 0) is 25.6 Å². The first kappa shape index (κ1) is 27.6. The molecule has 3 atom stereocenters. The molecular formula is C24H28N6O6S. The predicted molar refractivity (Wildman–Crippen MR) is 134 cm³/mol. The minimum Gasteiger partial charge on any atom is -0.481 e. The second kappa shape index (κ2) is 13.3. The summed E-state index contributed by atoms with van der Waals surface area (Å²) in [5.41, 5.74) is 6.45. The smallest absolute Gasteiger partial charge is 0.313 e. The van der Waals surface area contributed by atoms with Gasteiger partial charge in [-0.15, -0.1) is 11.8 Å². The fourth-order valence-electron chi connectivity index (χ4n) is 3.97. The number of nitrogens with two attached hydrogens (primary N) is 1. The maximum atomic E-state index is 13.4. The molecule has 0 bridgehead atoms. The standard InChI is InChI=1S/C24H28N6O6S/c25-22(34)17(10-15-4-2-1-3-5-15)29-24(36)19-11-16(28-23(35)18-12-26-7-8-27-18)6-9-30(19)20(31)13-37-14-21(32)33/h1-5,7-8,12,16-17,19H,6,9-11,13-14H2,(H2,25,34)(H,28,35)(H,29,36)(H,32,33)/t16-,17+,19-/m0/s1. The molecule has 196 valence electrons. The third-order valence-corrected chi connectivity index (χ3v) is 6.65. The highest BCUT2D eigenvalue weighted by molar-refractivity contribution is 8.00. The van der Waals surface area contributed by atoms with Crippen molar-refractivity contribution in [3.05, 3.63) is 60.2 Å². The monoisotopic (exact) mass is 528 g/mol. The minimum atomic E-state index is -1.05. The third kappa shape index (κ3) is 8.27. The molecule has 0 saturated carbocycles. The largest absolute Gasteiger partial charge is 0.481 e. The van der Waals surface area contributed by atoms with E-state index >= 15 is 0 Å². The van der Waals surface area contributed by atoms with Gasteiger partial charge in [-0.1, -0.05) is 30.3 Å². The SMILES string of the molecule is NC(=O)[C@@H](Cc1ccccc1)NC(=O)[C@@H]1C[C@@H](NC(=O)c2cnccn2)CCN1C(=O)CSCC(=O)O. The number of nitrogens with zero attached hydrogens (tertiary/aromatic N) is 3. The van der Waals surface area contributed by atoms with E-state index in [1.807, 2.05) is 6.07 Å². The van der Waals surface area contributed by atoms with Gasteiger partial charge in [-0.3, -0.25) is 29.0 Å². The molecule has 0 spiro atoms. The number of carboxylic acid groups (broad SMARTS) is 1. The third-order valence-electron chi connectivity index (χ3n) is 5.75. The van der Waals surface area contributed by atoms with Crippen molar-refractivity contribution in [3.8, 4) is 0 Å². The molecule has 1 aromatic heterocycles. The summed E-state index contributed by atoms with van der Waals surface area (Å²) in [5.74, 6) is -3.63. The molecule has 37 heavy (non-hydrogen) atoms. The number of likely N-dealkylation sites (tertiary alicyclic amines) is 1. The zero-order valence-electron chi connectivity index (χ0n) is 19.9. The van der Waals surface area contributed by atoms with E-state index < -0.39 is 47.7 Å². The van der Waals surface area contributed by atoms with Gasteiger partial charge in [0.1, 0.15) is 17.8 Å². The van der Waals surface area contributed by atoms with E-state index in [0.29, 0.717) is 6.42 Å². The molecule has 1 fully saturated rings. The maximum Gasteiger partial charge on any atom is 0.313 e. The Labute approximate surface area is 217 Å². The van der Waals surface area contributed by atoms with Crippen LogP contribution in [0.4, 0.5) is 0 Å². The number of carboxylic acids is 1. The topological polar surface area (TPSA) is 185 Å². The maximum absolute atomic E-state index is 13.4. The number of piperidine rings is 1. The van der Waals surface area contributed by atoms with E-state index in [2.05, 4.69) is 20.6 Å². The van der Waals surface area contributed by atoms with Crippen LogP contribution in [0.15, 0.2) is 48.9 Å². The van der Waals surface area contributed by atoms with E-state index in [1.54, 1.807) is 24.3 Å². The van der Waals surface area contributed by atoms with E-state index in [1.165, 1.54) is 23.5 Å². The number of primary amides is 1. The number of carbonyl (C=O) groups is 5. The Bertz CT molecular complexity index is 1120. The molecule has 12 nitrogen and oxygen atoms in total. The van der Waals surface area contributed by atoms with Gasteiger partial charge >= 0.3 is 5.97 Å². The van der Waals surface area contributed by atoms with Crippen molar-refractivity contribution in [2.45, 2.75) is 37.4 Å². The Morgan fingerprint density at radius 2 is 1.89 bits per heavy atom. The van der Waals surface area contributed by atoms with Crippen molar-refractivity contribution in [2.24, 2.45) is 5.73 Å². The number of nitrogens with one attached hydrogen (secondary N) is 2. The lowest BCUT2D eigenvalue weighted by molar-refractivity contribution is -0.141. The molecule has 2 heterocycles. The van der Waals surface area contributed by atoms with Crippen molar-refractivity contribution in [1.29, 1.82) is 0 Å². The van der Waals surface area contributed by atoms with E-state index in [-0.39, 0.29) is 36.6 Å². The van der Waals surface area contributed by atoms with Gasteiger partial charge in [0.05, 0.1) is 17.7 Å². The summed E-state index contributed by atoms with van der Waals surface area (Å²) in [6, 6.07) is 6.56. The van der Waals surface area contributed by atoms with Crippen LogP contribution >= 0.6 is 11.8 Å². The number of carbonyl (C=O) groups excluding carboxylic acids is 4.